The lowest BCUT2D eigenvalue weighted by atomic mass is 10.1. The van der Waals surface area contributed by atoms with E-state index in [2.05, 4.69) is 37.2 Å². The van der Waals surface area contributed by atoms with Crippen molar-refractivity contribution in [1.82, 2.24) is 0 Å². The first-order valence-corrected chi connectivity index (χ1v) is 8.21. The van der Waals surface area contributed by atoms with Crippen molar-refractivity contribution in [2.75, 3.05) is 19.0 Å². The zero-order chi connectivity index (χ0) is 16.1. The number of amides is 1. The van der Waals surface area contributed by atoms with E-state index in [-0.39, 0.29) is 5.91 Å². The summed E-state index contributed by atoms with van der Waals surface area (Å²) in [6, 6.07) is 10.8. The third-order valence-corrected chi connectivity index (χ3v) is 3.94. The average molecular weight is 429 g/mol. The van der Waals surface area contributed by atoms with Crippen molar-refractivity contribution in [3.05, 3.63) is 50.9 Å². The van der Waals surface area contributed by atoms with Gasteiger partial charge >= 0.3 is 0 Å². The van der Waals surface area contributed by atoms with Crippen molar-refractivity contribution in [1.29, 1.82) is 0 Å². The second kappa shape index (κ2) is 7.65. The van der Waals surface area contributed by atoms with Crippen molar-refractivity contribution in [2.45, 2.75) is 6.92 Å². The highest BCUT2D eigenvalue weighted by Crippen LogP contribution is 2.34. The summed E-state index contributed by atoms with van der Waals surface area (Å²) in [6.45, 7) is 2.42. The molecule has 0 bridgehead atoms. The first kappa shape index (κ1) is 16.8. The molecule has 0 spiro atoms. The number of carbonyl (C=O) groups excluding carboxylic acids is 1. The minimum Gasteiger partial charge on any atom is -0.495 e. The molecule has 0 aliphatic carbocycles. The van der Waals surface area contributed by atoms with Crippen LogP contribution in [-0.4, -0.2) is 19.6 Å². The number of benzene rings is 2. The summed E-state index contributed by atoms with van der Waals surface area (Å²) >= 11 is 6.77. The van der Waals surface area contributed by atoms with Gasteiger partial charge in [0.05, 0.1) is 29.4 Å². The largest absolute Gasteiger partial charge is 0.495 e. The number of carbonyl (C=O) groups is 1. The summed E-state index contributed by atoms with van der Waals surface area (Å²) in [5, 5.41) is 2.86. The lowest BCUT2D eigenvalue weighted by molar-refractivity contribution is 0.102. The van der Waals surface area contributed by atoms with Crippen LogP contribution in [0.1, 0.15) is 17.3 Å². The van der Waals surface area contributed by atoms with Crippen LogP contribution in [0.15, 0.2) is 45.3 Å². The fourth-order valence-corrected chi connectivity index (χ4v) is 3.36. The normalized spacial score (nSPS) is 10.2. The van der Waals surface area contributed by atoms with Gasteiger partial charge in [-0.2, -0.15) is 0 Å². The standard InChI is InChI=1S/C16H15Br2NO3/c1-3-22-14-7-5-4-6-13(14)19-16(20)11-8-10(17)9-12(18)15(11)21-2/h4-9H,3H2,1-2H3,(H,19,20). The summed E-state index contributed by atoms with van der Waals surface area (Å²) in [6.07, 6.45) is 0. The number of halogens is 2. The number of rotatable bonds is 5. The molecule has 0 aliphatic rings. The zero-order valence-corrected chi connectivity index (χ0v) is 15.3. The van der Waals surface area contributed by atoms with Gasteiger partial charge in [-0.15, -0.1) is 0 Å². The molecule has 0 saturated carbocycles. The van der Waals surface area contributed by atoms with Crippen LogP contribution in [-0.2, 0) is 0 Å². The summed E-state index contributed by atoms with van der Waals surface area (Å²) < 4.78 is 12.3. The second-order valence-corrected chi connectivity index (χ2v) is 6.12. The van der Waals surface area contributed by atoms with Crippen LogP contribution in [0.3, 0.4) is 0 Å². The molecule has 0 fully saturated rings. The van der Waals surface area contributed by atoms with Crippen LogP contribution in [0.5, 0.6) is 11.5 Å². The van der Waals surface area contributed by atoms with Gasteiger partial charge in [-0.3, -0.25) is 4.79 Å². The summed E-state index contributed by atoms with van der Waals surface area (Å²) in [5.41, 5.74) is 1.04. The molecule has 2 aromatic carbocycles. The van der Waals surface area contributed by atoms with Gasteiger partial charge in [0.15, 0.2) is 0 Å². The third kappa shape index (κ3) is 3.81. The lowest BCUT2D eigenvalue weighted by Gasteiger charge is -2.14. The van der Waals surface area contributed by atoms with E-state index in [1.807, 2.05) is 31.2 Å². The van der Waals surface area contributed by atoms with Crippen LogP contribution in [0, 0.1) is 0 Å². The third-order valence-electron chi connectivity index (χ3n) is 2.89. The van der Waals surface area contributed by atoms with Crippen LogP contribution < -0.4 is 14.8 Å². The van der Waals surface area contributed by atoms with Gasteiger partial charge in [-0.25, -0.2) is 0 Å². The molecular weight excluding hydrogens is 414 g/mol. The fourth-order valence-electron chi connectivity index (χ4n) is 1.98. The van der Waals surface area contributed by atoms with Gasteiger partial charge in [-0.05, 0) is 47.1 Å². The molecule has 116 valence electrons. The van der Waals surface area contributed by atoms with Crippen molar-refractivity contribution < 1.29 is 14.3 Å². The van der Waals surface area contributed by atoms with Gasteiger partial charge in [-0.1, -0.05) is 28.1 Å². The molecule has 0 aliphatic heterocycles. The van der Waals surface area contributed by atoms with E-state index in [1.165, 1.54) is 7.11 Å². The Bertz CT molecular complexity index is 689. The minimum atomic E-state index is -0.272. The molecule has 6 heteroatoms. The van der Waals surface area contributed by atoms with E-state index >= 15 is 0 Å². The molecule has 0 saturated heterocycles. The number of methoxy groups -OCH3 is 1. The van der Waals surface area contributed by atoms with Crippen molar-refractivity contribution in [3.63, 3.8) is 0 Å². The van der Waals surface area contributed by atoms with E-state index in [1.54, 1.807) is 12.1 Å². The molecule has 2 aromatic rings. The van der Waals surface area contributed by atoms with Gasteiger partial charge < -0.3 is 14.8 Å². The topological polar surface area (TPSA) is 47.6 Å². The molecule has 22 heavy (non-hydrogen) atoms. The Morgan fingerprint density at radius 3 is 2.64 bits per heavy atom. The number of nitrogens with one attached hydrogen (secondary N) is 1. The Labute approximate surface area is 146 Å². The highest BCUT2D eigenvalue weighted by molar-refractivity contribution is 9.11. The Balaban J connectivity index is 2.34. The number of hydrogen-bond donors (Lipinski definition) is 1. The van der Waals surface area contributed by atoms with Gasteiger partial charge in [0.2, 0.25) is 0 Å². The van der Waals surface area contributed by atoms with Gasteiger partial charge in [0.25, 0.3) is 5.91 Å². The molecule has 1 amide bonds. The Hall–Kier alpha value is -1.53. The molecule has 0 aromatic heterocycles. The van der Waals surface area contributed by atoms with E-state index in [0.717, 1.165) is 4.47 Å². The second-order valence-electron chi connectivity index (χ2n) is 4.35. The van der Waals surface area contributed by atoms with E-state index in [9.17, 15) is 4.79 Å². The molecule has 0 radical (unpaired) electrons. The Kier molecular flexibility index (Phi) is 5.85. The van der Waals surface area contributed by atoms with Crippen LogP contribution in [0.4, 0.5) is 5.69 Å². The lowest BCUT2D eigenvalue weighted by Crippen LogP contribution is -2.14. The Morgan fingerprint density at radius 2 is 1.95 bits per heavy atom. The van der Waals surface area contributed by atoms with Crippen LogP contribution >= 0.6 is 31.9 Å². The monoisotopic (exact) mass is 427 g/mol. The first-order valence-electron chi connectivity index (χ1n) is 6.63. The number of hydrogen-bond acceptors (Lipinski definition) is 3. The predicted octanol–water partition coefficient (Wildman–Crippen LogP) is 4.87. The maximum Gasteiger partial charge on any atom is 0.259 e. The number of para-hydroxylation sites is 2. The number of anilines is 1. The maximum absolute atomic E-state index is 12.6. The maximum atomic E-state index is 12.6. The molecule has 1 N–H and O–H groups in total. The molecule has 2 rings (SSSR count). The minimum absolute atomic E-state index is 0.272. The van der Waals surface area contributed by atoms with Gasteiger partial charge in [0, 0.05) is 4.47 Å². The molecule has 0 unspecified atom stereocenters. The highest BCUT2D eigenvalue weighted by atomic mass is 79.9. The molecular formula is C16H15Br2NO3. The Morgan fingerprint density at radius 1 is 1.23 bits per heavy atom. The van der Waals surface area contributed by atoms with Crippen molar-refractivity contribution in [3.8, 4) is 11.5 Å². The average Bonchev–Trinajstić information content (AvgIpc) is 2.48. The molecule has 0 heterocycles. The van der Waals surface area contributed by atoms with E-state index < -0.39 is 0 Å². The van der Waals surface area contributed by atoms with Gasteiger partial charge in [0.1, 0.15) is 11.5 Å². The first-order chi connectivity index (χ1) is 10.6. The molecule has 4 nitrogen and oxygen atoms in total. The van der Waals surface area contributed by atoms with Crippen molar-refractivity contribution in [2.24, 2.45) is 0 Å². The summed E-state index contributed by atoms with van der Waals surface area (Å²) in [7, 11) is 1.53. The number of ether oxygens (including phenoxy) is 2. The fraction of sp³-hybridized carbons (Fsp3) is 0.188. The quantitative estimate of drug-likeness (QED) is 0.738. The summed E-state index contributed by atoms with van der Waals surface area (Å²) in [5.74, 6) is 0.840. The highest BCUT2D eigenvalue weighted by Gasteiger charge is 2.17. The zero-order valence-electron chi connectivity index (χ0n) is 12.2. The summed E-state index contributed by atoms with van der Waals surface area (Å²) in [4.78, 5) is 12.6. The van der Waals surface area contributed by atoms with Crippen molar-refractivity contribution >= 4 is 43.5 Å². The SMILES string of the molecule is CCOc1ccccc1NC(=O)c1cc(Br)cc(Br)c1OC. The predicted molar refractivity (Wildman–Crippen MR) is 94.0 cm³/mol. The van der Waals surface area contributed by atoms with E-state index in [0.29, 0.717) is 33.8 Å². The van der Waals surface area contributed by atoms with Crippen LogP contribution in [0.25, 0.3) is 0 Å². The van der Waals surface area contributed by atoms with E-state index in [4.69, 9.17) is 9.47 Å². The molecule has 0 atom stereocenters. The van der Waals surface area contributed by atoms with Crippen LogP contribution in [0.2, 0.25) is 0 Å². The smallest absolute Gasteiger partial charge is 0.259 e.